The number of anilines is 1. The lowest BCUT2D eigenvalue weighted by Gasteiger charge is -2.16. The standard InChI is InChI=1S/C23H28N4/c1-26(2)20-12-10-19(11-13-20)23-21-17-24-15-14-22(21)27(25-23)16-6-9-18-7-4-3-5-8-18/h3-5,7-8,10-13,24H,6,9,14-17H2,1-2H3. The molecule has 0 saturated heterocycles. The van der Waals surface area contributed by atoms with Crippen molar-refractivity contribution in [1.29, 1.82) is 0 Å². The van der Waals surface area contributed by atoms with Crippen molar-refractivity contribution in [3.8, 4) is 11.3 Å². The predicted molar refractivity (Wildman–Crippen MR) is 112 cm³/mol. The van der Waals surface area contributed by atoms with E-state index in [1.807, 2.05) is 0 Å². The van der Waals surface area contributed by atoms with Crippen molar-refractivity contribution in [3.05, 3.63) is 71.4 Å². The van der Waals surface area contributed by atoms with Gasteiger partial charge < -0.3 is 10.2 Å². The van der Waals surface area contributed by atoms with Crippen molar-refractivity contribution >= 4 is 5.69 Å². The second kappa shape index (κ2) is 7.97. The topological polar surface area (TPSA) is 33.1 Å². The summed E-state index contributed by atoms with van der Waals surface area (Å²) in [5.41, 5.74) is 7.75. The highest BCUT2D eigenvalue weighted by Crippen LogP contribution is 2.29. The summed E-state index contributed by atoms with van der Waals surface area (Å²) in [7, 11) is 4.14. The molecule has 4 heteroatoms. The van der Waals surface area contributed by atoms with E-state index in [1.54, 1.807) is 0 Å². The Morgan fingerprint density at radius 3 is 2.56 bits per heavy atom. The molecule has 140 valence electrons. The van der Waals surface area contributed by atoms with Gasteiger partial charge in [-0.2, -0.15) is 5.10 Å². The summed E-state index contributed by atoms with van der Waals surface area (Å²) in [5.74, 6) is 0. The minimum absolute atomic E-state index is 0.915. The smallest absolute Gasteiger partial charge is 0.0971 e. The molecular formula is C23H28N4. The minimum atomic E-state index is 0.915. The summed E-state index contributed by atoms with van der Waals surface area (Å²) >= 11 is 0. The van der Waals surface area contributed by atoms with E-state index in [2.05, 4.69) is 83.6 Å². The molecule has 2 aromatic carbocycles. The molecule has 1 aliphatic heterocycles. The van der Waals surface area contributed by atoms with Gasteiger partial charge in [0.25, 0.3) is 0 Å². The molecular weight excluding hydrogens is 332 g/mol. The Hall–Kier alpha value is -2.59. The number of aryl methyl sites for hydroxylation is 2. The highest BCUT2D eigenvalue weighted by atomic mass is 15.3. The number of nitrogens with zero attached hydrogens (tertiary/aromatic N) is 3. The molecule has 0 radical (unpaired) electrons. The first kappa shape index (κ1) is 17.8. The number of hydrogen-bond donors (Lipinski definition) is 1. The molecule has 0 unspecified atom stereocenters. The lowest BCUT2D eigenvalue weighted by molar-refractivity contribution is 0.532. The molecule has 3 aromatic rings. The quantitative estimate of drug-likeness (QED) is 0.724. The zero-order valence-electron chi connectivity index (χ0n) is 16.3. The maximum Gasteiger partial charge on any atom is 0.0971 e. The van der Waals surface area contributed by atoms with Crippen LogP contribution in [0.5, 0.6) is 0 Å². The van der Waals surface area contributed by atoms with Gasteiger partial charge in [0.05, 0.1) is 5.69 Å². The normalized spacial score (nSPS) is 13.4. The maximum absolute atomic E-state index is 5.03. The molecule has 0 amide bonds. The highest BCUT2D eigenvalue weighted by Gasteiger charge is 2.21. The Morgan fingerprint density at radius 1 is 1.04 bits per heavy atom. The van der Waals surface area contributed by atoms with E-state index in [-0.39, 0.29) is 0 Å². The fraction of sp³-hybridized carbons (Fsp3) is 0.348. The predicted octanol–water partition coefficient (Wildman–Crippen LogP) is 3.89. The first-order chi connectivity index (χ1) is 13.2. The first-order valence-corrected chi connectivity index (χ1v) is 9.83. The van der Waals surface area contributed by atoms with Crippen LogP contribution in [-0.2, 0) is 25.9 Å². The summed E-state index contributed by atoms with van der Waals surface area (Å²) in [6.07, 6.45) is 3.27. The Kier molecular flexibility index (Phi) is 5.26. The molecule has 4 rings (SSSR count). The van der Waals surface area contributed by atoms with Crippen LogP contribution in [0.4, 0.5) is 5.69 Å². The van der Waals surface area contributed by atoms with Crippen LogP contribution in [0.25, 0.3) is 11.3 Å². The van der Waals surface area contributed by atoms with Crippen LogP contribution in [0.2, 0.25) is 0 Å². The molecule has 0 aliphatic carbocycles. The maximum atomic E-state index is 5.03. The second-order valence-electron chi connectivity index (χ2n) is 7.45. The van der Waals surface area contributed by atoms with Crippen LogP contribution in [0.3, 0.4) is 0 Å². The summed E-state index contributed by atoms with van der Waals surface area (Å²) in [4.78, 5) is 2.13. The molecule has 2 heterocycles. The van der Waals surface area contributed by atoms with Crippen molar-refractivity contribution < 1.29 is 0 Å². The van der Waals surface area contributed by atoms with Crippen molar-refractivity contribution in [1.82, 2.24) is 15.1 Å². The van der Waals surface area contributed by atoms with E-state index in [1.165, 1.54) is 28.1 Å². The Bertz CT molecular complexity index is 879. The molecule has 1 aromatic heterocycles. The van der Waals surface area contributed by atoms with Gasteiger partial charge in [-0.25, -0.2) is 0 Å². The fourth-order valence-electron chi connectivity index (χ4n) is 3.83. The van der Waals surface area contributed by atoms with Crippen LogP contribution < -0.4 is 10.2 Å². The molecule has 0 bridgehead atoms. The Morgan fingerprint density at radius 2 is 1.81 bits per heavy atom. The van der Waals surface area contributed by atoms with Gasteiger partial charge in [-0.05, 0) is 30.5 Å². The number of rotatable bonds is 6. The molecule has 27 heavy (non-hydrogen) atoms. The summed E-state index contributed by atoms with van der Waals surface area (Å²) < 4.78 is 2.26. The first-order valence-electron chi connectivity index (χ1n) is 9.83. The van der Waals surface area contributed by atoms with Gasteiger partial charge in [0.15, 0.2) is 0 Å². The van der Waals surface area contributed by atoms with Crippen molar-refractivity contribution in [2.45, 2.75) is 32.4 Å². The third-order valence-corrected chi connectivity index (χ3v) is 5.34. The van der Waals surface area contributed by atoms with Gasteiger partial charge in [0.1, 0.15) is 0 Å². The lowest BCUT2D eigenvalue weighted by atomic mass is 10.0. The zero-order valence-corrected chi connectivity index (χ0v) is 16.3. The van der Waals surface area contributed by atoms with E-state index in [0.29, 0.717) is 0 Å². The van der Waals surface area contributed by atoms with Crippen LogP contribution in [0.15, 0.2) is 54.6 Å². The van der Waals surface area contributed by atoms with E-state index >= 15 is 0 Å². The number of nitrogens with one attached hydrogen (secondary N) is 1. The molecule has 0 spiro atoms. The Labute approximate surface area is 161 Å². The SMILES string of the molecule is CN(C)c1ccc(-c2nn(CCCc3ccccc3)c3c2CNCC3)cc1. The van der Waals surface area contributed by atoms with Gasteiger partial charge in [0.2, 0.25) is 0 Å². The van der Waals surface area contributed by atoms with Gasteiger partial charge in [-0.3, -0.25) is 4.68 Å². The van der Waals surface area contributed by atoms with Crippen molar-refractivity contribution in [2.24, 2.45) is 0 Å². The summed E-state index contributed by atoms with van der Waals surface area (Å²) in [5, 5.41) is 8.55. The number of fused-ring (bicyclic) bond motifs is 1. The van der Waals surface area contributed by atoms with Crippen molar-refractivity contribution in [2.75, 3.05) is 25.5 Å². The number of hydrogen-bond acceptors (Lipinski definition) is 3. The van der Waals surface area contributed by atoms with Crippen molar-refractivity contribution in [3.63, 3.8) is 0 Å². The van der Waals surface area contributed by atoms with Gasteiger partial charge >= 0.3 is 0 Å². The molecule has 4 nitrogen and oxygen atoms in total. The van der Waals surface area contributed by atoms with E-state index < -0.39 is 0 Å². The second-order valence-corrected chi connectivity index (χ2v) is 7.45. The molecule has 0 fully saturated rings. The third kappa shape index (κ3) is 3.91. The monoisotopic (exact) mass is 360 g/mol. The molecule has 1 aliphatic rings. The van der Waals surface area contributed by atoms with E-state index in [4.69, 9.17) is 5.10 Å². The molecule has 1 N–H and O–H groups in total. The highest BCUT2D eigenvalue weighted by molar-refractivity contribution is 5.67. The zero-order chi connectivity index (χ0) is 18.6. The average molecular weight is 361 g/mol. The molecule has 0 saturated carbocycles. The summed E-state index contributed by atoms with van der Waals surface area (Å²) in [6, 6.07) is 19.5. The van der Waals surface area contributed by atoms with Crippen LogP contribution in [0.1, 0.15) is 23.2 Å². The average Bonchev–Trinajstić information content (AvgIpc) is 3.08. The summed E-state index contributed by atoms with van der Waals surface area (Å²) in [6.45, 7) is 2.93. The van der Waals surface area contributed by atoms with Gasteiger partial charge in [-0.15, -0.1) is 0 Å². The van der Waals surface area contributed by atoms with Crippen LogP contribution in [-0.4, -0.2) is 30.4 Å². The van der Waals surface area contributed by atoms with Gasteiger partial charge in [0, 0.05) is 62.7 Å². The van der Waals surface area contributed by atoms with Gasteiger partial charge in [-0.1, -0.05) is 42.5 Å². The lowest BCUT2D eigenvalue weighted by Crippen LogP contribution is -2.25. The minimum Gasteiger partial charge on any atom is -0.378 e. The number of aromatic nitrogens is 2. The Balaban J connectivity index is 1.56. The largest absolute Gasteiger partial charge is 0.378 e. The van der Waals surface area contributed by atoms with E-state index in [9.17, 15) is 0 Å². The van der Waals surface area contributed by atoms with Crippen LogP contribution in [0, 0.1) is 0 Å². The van der Waals surface area contributed by atoms with E-state index in [0.717, 1.165) is 44.6 Å². The van der Waals surface area contributed by atoms with Crippen LogP contribution >= 0.6 is 0 Å². The molecule has 0 atom stereocenters. The number of benzene rings is 2. The third-order valence-electron chi connectivity index (χ3n) is 5.34. The fourth-order valence-corrected chi connectivity index (χ4v) is 3.83.